The Labute approximate surface area is 89.4 Å². The van der Waals surface area contributed by atoms with Crippen LogP contribution in [0.25, 0.3) is 0 Å². The van der Waals surface area contributed by atoms with Crippen molar-refractivity contribution in [1.82, 2.24) is 5.06 Å². The maximum atomic E-state index is 9.94. The van der Waals surface area contributed by atoms with Gasteiger partial charge in [-0.15, -0.1) is 0 Å². The van der Waals surface area contributed by atoms with Crippen molar-refractivity contribution in [3.63, 3.8) is 0 Å². The minimum Gasteiger partial charge on any atom is -0.397 e. The number of amidine groups is 1. The molecule has 0 spiro atoms. The van der Waals surface area contributed by atoms with Gasteiger partial charge in [-0.3, -0.25) is 4.99 Å². The number of hydroxylamine groups is 2. The maximum absolute atomic E-state index is 9.94. The van der Waals surface area contributed by atoms with Gasteiger partial charge in [0, 0.05) is 0 Å². The summed E-state index contributed by atoms with van der Waals surface area (Å²) in [4.78, 5) is 8.92. The Kier molecular flexibility index (Phi) is 2.75. The van der Waals surface area contributed by atoms with Gasteiger partial charge in [-0.2, -0.15) is 5.06 Å². The van der Waals surface area contributed by atoms with E-state index in [0.29, 0.717) is 5.71 Å². The predicted octanol–water partition coefficient (Wildman–Crippen LogP) is 0.565. The average molecular weight is 214 g/mol. The van der Waals surface area contributed by atoms with Crippen LogP contribution in [0.1, 0.15) is 27.7 Å². The van der Waals surface area contributed by atoms with E-state index < -0.39 is 11.2 Å². The third-order valence-corrected chi connectivity index (χ3v) is 2.45. The van der Waals surface area contributed by atoms with E-state index >= 15 is 0 Å². The number of aliphatic imine (C=N–C) groups is 1. The minimum absolute atomic E-state index is 0.187. The Bertz CT molecular complexity index is 320. The summed E-state index contributed by atoms with van der Waals surface area (Å²) in [5.74, 6) is 0.187. The first-order valence-electron chi connectivity index (χ1n) is 4.70. The molecule has 6 nitrogen and oxygen atoms in total. The van der Waals surface area contributed by atoms with Gasteiger partial charge >= 0.3 is 0 Å². The van der Waals surface area contributed by atoms with Crippen molar-refractivity contribution >= 4 is 11.5 Å². The molecule has 0 unspecified atom stereocenters. The molecule has 3 N–H and O–H groups in total. The van der Waals surface area contributed by atoms with Crippen molar-refractivity contribution in [2.45, 2.75) is 38.9 Å². The van der Waals surface area contributed by atoms with E-state index in [0.717, 1.165) is 5.06 Å². The second kappa shape index (κ2) is 3.46. The van der Waals surface area contributed by atoms with Gasteiger partial charge < -0.3 is 15.8 Å². The average Bonchev–Trinajstić information content (AvgIpc) is 2.27. The molecule has 0 saturated heterocycles. The van der Waals surface area contributed by atoms with E-state index in [2.05, 4.69) is 15.0 Å². The first kappa shape index (κ1) is 11.9. The molecule has 1 aliphatic heterocycles. The van der Waals surface area contributed by atoms with Crippen LogP contribution in [0.4, 0.5) is 0 Å². The van der Waals surface area contributed by atoms with Crippen LogP contribution >= 0.6 is 0 Å². The summed E-state index contributed by atoms with van der Waals surface area (Å²) in [7, 11) is 1.41. The molecule has 0 radical (unpaired) electrons. The van der Waals surface area contributed by atoms with Crippen molar-refractivity contribution in [2.24, 2.45) is 15.9 Å². The molecule has 0 aromatic heterocycles. The minimum atomic E-state index is -0.702. The highest BCUT2D eigenvalue weighted by Gasteiger charge is 2.48. The van der Waals surface area contributed by atoms with Gasteiger partial charge in [0.25, 0.3) is 0 Å². The molecule has 0 bridgehead atoms. The largest absolute Gasteiger partial charge is 0.397 e. The Balaban J connectivity index is 3.14. The zero-order valence-corrected chi connectivity index (χ0v) is 9.77. The molecule has 0 amide bonds. The first-order valence-corrected chi connectivity index (χ1v) is 4.70. The SMILES string of the molecule is CO/N=C(\N)C1=NC(C)(C)N(O)C1(C)C. The van der Waals surface area contributed by atoms with Crippen molar-refractivity contribution in [2.75, 3.05) is 7.11 Å². The van der Waals surface area contributed by atoms with Gasteiger partial charge in [0.05, 0.1) is 5.54 Å². The van der Waals surface area contributed by atoms with Crippen molar-refractivity contribution in [1.29, 1.82) is 0 Å². The number of hydrogen-bond donors (Lipinski definition) is 2. The number of nitrogens with zero attached hydrogens (tertiary/aromatic N) is 3. The summed E-state index contributed by atoms with van der Waals surface area (Å²) in [6.45, 7) is 7.22. The van der Waals surface area contributed by atoms with Crippen LogP contribution in [0.2, 0.25) is 0 Å². The molecule has 1 aliphatic rings. The Morgan fingerprint density at radius 1 is 1.47 bits per heavy atom. The lowest BCUT2D eigenvalue weighted by Gasteiger charge is -2.33. The van der Waals surface area contributed by atoms with Crippen LogP contribution in [-0.4, -0.2) is 40.1 Å². The third-order valence-electron chi connectivity index (χ3n) is 2.45. The zero-order chi connectivity index (χ0) is 11.9. The molecule has 1 rings (SSSR count). The molecule has 0 atom stereocenters. The van der Waals surface area contributed by atoms with Gasteiger partial charge in [0.15, 0.2) is 5.84 Å². The molecule has 0 fully saturated rings. The molecule has 0 saturated carbocycles. The Morgan fingerprint density at radius 3 is 2.33 bits per heavy atom. The fourth-order valence-electron chi connectivity index (χ4n) is 1.75. The van der Waals surface area contributed by atoms with E-state index in [-0.39, 0.29) is 5.84 Å². The summed E-state index contributed by atoms with van der Waals surface area (Å²) in [5.41, 5.74) is 4.86. The quantitative estimate of drug-likeness (QED) is 0.400. The van der Waals surface area contributed by atoms with Crippen LogP contribution in [0, 0.1) is 0 Å². The molecule has 0 aliphatic carbocycles. The highest BCUT2D eigenvalue weighted by molar-refractivity contribution is 6.44. The summed E-state index contributed by atoms with van der Waals surface area (Å²) in [5, 5.41) is 14.7. The number of hydrogen-bond acceptors (Lipinski definition) is 5. The van der Waals surface area contributed by atoms with Gasteiger partial charge in [-0.1, -0.05) is 5.16 Å². The molecule has 15 heavy (non-hydrogen) atoms. The Morgan fingerprint density at radius 2 is 2.00 bits per heavy atom. The first-order chi connectivity index (χ1) is 6.73. The summed E-state index contributed by atoms with van der Waals surface area (Å²) < 4.78 is 0. The molecule has 1 heterocycles. The van der Waals surface area contributed by atoms with Crippen LogP contribution in [0.3, 0.4) is 0 Å². The fraction of sp³-hybridized carbons (Fsp3) is 0.778. The van der Waals surface area contributed by atoms with E-state index in [1.165, 1.54) is 7.11 Å². The topological polar surface area (TPSA) is 83.4 Å². The van der Waals surface area contributed by atoms with Gasteiger partial charge in [-0.25, -0.2) is 0 Å². The Hall–Kier alpha value is -1.14. The number of oxime groups is 1. The molecular formula is C9H18N4O2. The normalized spacial score (nSPS) is 25.2. The highest BCUT2D eigenvalue weighted by Crippen LogP contribution is 2.32. The molecule has 0 aromatic carbocycles. The van der Waals surface area contributed by atoms with Gasteiger partial charge in [0.2, 0.25) is 0 Å². The summed E-state index contributed by atoms with van der Waals surface area (Å²) >= 11 is 0. The van der Waals surface area contributed by atoms with E-state index in [1.54, 1.807) is 13.8 Å². The highest BCUT2D eigenvalue weighted by atomic mass is 16.6. The smallest absolute Gasteiger partial charge is 0.186 e. The molecular weight excluding hydrogens is 196 g/mol. The van der Waals surface area contributed by atoms with Crippen molar-refractivity contribution in [3.8, 4) is 0 Å². The van der Waals surface area contributed by atoms with Crippen LogP contribution < -0.4 is 5.73 Å². The fourth-order valence-corrected chi connectivity index (χ4v) is 1.75. The lowest BCUT2D eigenvalue weighted by atomic mass is 9.98. The van der Waals surface area contributed by atoms with Crippen molar-refractivity contribution in [3.05, 3.63) is 0 Å². The zero-order valence-electron chi connectivity index (χ0n) is 9.77. The number of rotatable bonds is 2. The molecule has 0 aromatic rings. The second-order valence-electron chi connectivity index (χ2n) is 4.48. The molecule has 86 valence electrons. The van der Waals surface area contributed by atoms with E-state index in [4.69, 9.17) is 5.73 Å². The van der Waals surface area contributed by atoms with E-state index in [9.17, 15) is 5.21 Å². The lowest BCUT2D eigenvalue weighted by Crippen LogP contribution is -2.52. The number of nitrogens with two attached hydrogens (primary N) is 1. The van der Waals surface area contributed by atoms with Crippen molar-refractivity contribution < 1.29 is 10.0 Å². The second-order valence-corrected chi connectivity index (χ2v) is 4.48. The van der Waals surface area contributed by atoms with Crippen LogP contribution in [0.5, 0.6) is 0 Å². The standard InChI is InChI=1S/C9H18N4O2/c1-8(2)6(7(10)12-15-5)11-9(3,4)13(8)14/h14H,1-5H3,(H2,10,12). The molecule has 6 heteroatoms. The summed E-state index contributed by atoms with van der Waals surface area (Å²) in [6, 6.07) is 0. The monoisotopic (exact) mass is 214 g/mol. The summed E-state index contributed by atoms with van der Waals surface area (Å²) in [6.07, 6.45) is 0. The maximum Gasteiger partial charge on any atom is 0.186 e. The predicted molar refractivity (Wildman–Crippen MR) is 57.8 cm³/mol. The van der Waals surface area contributed by atoms with Crippen LogP contribution in [-0.2, 0) is 4.84 Å². The lowest BCUT2D eigenvalue weighted by molar-refractivity contribution is -0.187. The van der Waals surface area contributed by atoms with Crippen LogP contribution in [0.15, 0.2) is 10.1 Å². The van der Waals surface area contributed by atoms with Gasteiger partial charge in [0.1, 0.15) is 18.5 Å². The third kappa shape index (κ3) is 1.82. The van der Waals surface area contributed by atoms with E-state index in [1.807, 2.05) is 13.8 Å². The van der Waals surface area contributed by atoms with Gasteiger partial charge in [-0.05, 0) is 27.7 Å².